The number of hydrogen-bond acceptors (Lipinski definition) is 3. The molecule has 3 nitrogen and oxygen atoms in total. The Balaban J connectivity index is 2.80. The van der Waals surface area contributed by atoms with Crippen LogP contribution in [0.2, 0.25) is 0 Å². The topological polar surface area (TPSA) is 55.1 Å². The average Bonchev–Trinajstić information content (AvgIpc) is 2.24. The highest BCUT2D eigenvalue weighted by atomic mass is 32.2. The second kappa shape index (κ2) is 6.70. The van der Waals surface area contributed by atoms with Crippen molar-refractivity contribution in [3.05, 3.63) is 29.3 Å². The first-order valence-corrected chi connectivity index (χ1v) is 6.51. The van der Waals surface area contributed by atoms with Gasteiger partial charge in [-0.3, -0.25) is 4.79 Å². The molecule has 0 aliphatic heterocycles. The lowest BCUT2D eigenvalue weighted by Crippen LogP contribution is -2.22. The van der Waals surface area contributed by atoms with Crippen molar-refractivity contribution < 1.29 is 13.6 Å². The van der Waals surface area contributed by atoms with E-state index >= 15 is 0 Å². The Labute approximate surface area is 109 Å². The highest BCUT2D eigenvalue weighted by molar-refractivity contribution is 8.00. The SMILES string of the molecule is CC(C)NCc1cc(F)c(SCC(N)=O)c(F)c1. The molecule has 0 heterocycles. The van der Waals surface area contributed by atoms with Crippen LogP contribution < -0.4 is 11.1 Å². The molecule has 1 aromatic carbocycles. The molecule has 0 saturated carbocycles. The summed E-state index contributed by atoms with van der Waals surface area (Å²) in [5.74, 6) is -2.08. The number of carbonyl (C=O) groups excluding carboxylic acids is 1. The Morgan fingerprint density at radius 3 is 2.39 bits per heavy atom. The van der Waals surface area contributed by atoms with E-state index < -0.39 is 17.5 Å². The smallest absolute Gasteiger partial charge is 0.227 e. The molecule has 0 bridgehead atoms. The first kappa shape index (κ1) is 14.9. The minimum absolute atomic E-state index is 0.141. The van der Waals surface area contributed by atoms with Crippen molar-refractivity contribution in [3.63, 3.8) is 0 Å². The van der Waals surface area contributed by atoms with Crippen LogP contribution in [-0.4, -0.2) is 17.7 Å². The predicted molar refractivity (Wildman–Crippen MR) is 68.3 cm³/mol. The summed E-state index contributed by atoms with van der Waals surface area (Å²) in [6.07, 6.45) is 0. The summed E-state index contributed by atoms with van der Waals surface area (Å²) in [7, 11) is 0. The molecule has 6 heteroatoms. The van der Waals surface area contributed by atoms with E-state index in [2.05, 4.69) is 5.32 Å². The Morgan fingerprint density at radius 1 is 1.39 bits per heavy atom. The number of nitrogens with two attached hydrogens (primary N) is 1. The molecular formula is C12H16F2N2OS. The van der Waals surface area contributed by atoms with Crippen LogP contribution in [0.4, 0.5) is 8.78 Å². The fourth-order valence-electron chi connectivity index (χ4n) is 1.32. The van der Waals surface area contributed by atoms with Crippen LogP contribution in [0.15, 0.2) is 17.0 Å². The van der Waals surface area contributed by atoms with Gasteiger partial charge in [-0.15, -0.1) is 11.8 Å². The van der Waals surface area contributed by atoms with Crippen molar-refractivity contribution in [2.24, 2.45) is 5.73 Å². The fourth-order valence-corrected chi connectivity index (χ4v) is 2.00. The molecule has 0 aliphatic rings. The number of nitrogens with one attached hydrogen (secondary N) is 1. The van der Waals surface area contributed by atoms with Gasteiger partial charge in [0.15, 0.2) is 0 Å². The van der Waals surface area contributed by atoms with Gasteiger partial charge in [0.1, 0.15) is 11.6 Å². The maximum absolute atomic E-state index is 13.6. The summed E-state index contributed by atoms with van der Waals surface area (Å²) in [6.45, 7) is 4.29. The van der Waals surface area contributed by atoms with Crippen molar-refractivity contribution in [3.8, 4) is 0 Å². The van der Waals surface area contributed by atoms with Crippen molar-refractivity contribution in [1.29, 1.82) is 0 Å². The molecule has 0 radical (unpaired) electrons. The highest BCUT2D eigenvalue weighted by Crippen LogP contribution is 2.26. The van der Waals surface area contributed by atoms with Gasteiger partial charge in [-0.05, 0) is 17.7 Å². The van der Waals surface area contributed by atoms with Gasteiger partial charge in [-0.2, -0.15) is 0 Å². The van der Waals surface area contributed by atoms with E-state index in [1.807, 2.05) is 13.8 Å². The number of rotatable bonds is 6. The minimum atomic E-state index is -0.665. The lowest BCUT2D eigenvalue weighted by atomic mass is 10.2. The van der Waals surface area contributed by atoms with Gasteiger partial charge in [0.05, 0.1) is 10.6 Å². The maximum Gasteiger partial charge on any atom is 0.227 e. The van der Waals surface area contributed by atoms with Gasteiger partial charge >= 0.3 is 0 Å². The second-order valence-corrected chi connectivity index (χ2v) is 5.16. The number of benzene rings is 1. The van der Waals surface area contributed by atoms with E-state index in [0.29, 0.717) is 12.1 Å². The Bertz CT molecular complexity index is 415. The van der Waals surface area contributed by atoms with Crippen LogP contribution in [0.5, 0.6) is 0 Å². The zero-order chi connectivity index (χ0) is 13.7. The molecule has 0 atom stereocenters. The van der Waals surface area contributed by atoms with Crippen LogP contribution in [-0.2, 0) is 11.3 Å². The third kappa shape index (κ3) is 4.62. The third-order valence-electron chi connectivity index (χ3n) is 2.13. The second-order valence-electron chi connectivity index (χ2n) is 4.18. The van der Waals surface area contributed by atoms with Gasteiger partial charge in [-0.25, -0.2) is 8.78 Å². The van der Waals surface area contributed by atoms with Crippen molar-refractivity contribution in [2.45, 2.75) is 31.3 Å². The molecule has 0 unspecified atom stereocenters. The minimum Gasteiger partial charge on any atom is -0.369 e. The van der Waals surface area contributed by atoms with Gasteiger partial charge in [0.25, 0.3) is 0 Å². The summed E-state index contributed by atoms with van der Waals surface area (Å²) >= 11 is 0.770. The summed E-state index contributed by atoms with van der Waals surface area (Å²) in [5.41, 5.74) is 5.47. The lowest BCUT2D eigenvalue weighted by Gasteiger charge is -2.10. The molecule has 0 aliphatic carbocycles. The molecule has 100 valence electrons. The van der Waals surface area contributed by atoms with Crippen molar-refractivity contribution >= 4 is 17.7 Å². The maximum atomic E-state index is 13.6. The van der Waals surface area contributed by atoms with Crippen LogP contribution in [0.1, 0.15) is 19.4 Å². The van der Waals surface area contributed by atoms with Crippen molar-refractivity contribution in [1.82, 2.24) is 5.32 Å². The highest BCUT2D eigenvalue weighted by Gasteiger charge is 2.13. The standard InChI is InChI=1S/C12H16F2N2OS/c1-7(2)16-5-8-3-9(13)12(10(14)4-8)18-6-11(15)17/h3-4,7,16H,5-6H2,1-2H3,(H2,15,17). The summed E-state index contributed by atoms with van der Waals surface area (Å²) in [4.78, 5) is 10.4. The normalized spacial score (nSPS) is 10.9. The molecule has 0 spiro atoms. The van der Waals surface area contributed by atoms with Gasteiger partial charge in [-0.1, -0.05) is 13.8 Å². The quantitative estimate of drug-likeness (QED) is 0.781. The third-order valence-corrected chi connectivity index (χ3v) is 3.24. The number of thioether (sulfide) groups is 1. The van der Waals surface area contributed by atoms with Crippen molar-refractivity contribution in [2.75, 3.05) is 5.75 Å². The zero-order valence-corrected chi connectivity index (χ0v) is 11.1. The van der Waals surface area contributed by atoms with Crippen LogP contribution >= 0.6 is 11.8 Å². The monoisotopic (exact) mass is 274 g/mol. The van der Waals surface area contributed by atoms with Crippen LogP contribution in [0.25, 0.3) is 0 Å². The first-order valence-electron chi connectivity index (χ1n) is 5.52. The molecule has 3 N–H and O–H groups in total. The first-order chi connectivity index (χ1) is 8.40. The molecule has 1 rings (SSSR count). The summed E-state index contributed by atoms with van der Waals surface area (Å²) in [5, 5.41) is 3.07. The van der Waals surface area contributed by atoms with E-state index in [4.69, 9.17) is 5.73 Å². The number of primary amides is 1. The van der Waals surface area contributed by atoms with Gasteiger partial charge in [0, 0.05) is 12.6 Å². The molecule has 1 amide bonds. The number of carbonyl (C=O) groups is 1. The van der Waals surface area contributed by atoms with E-state index in [-0.39, 0.29) is 16.7 Å². The number of amides is 1. The van der Waals surface area contributed by atoms with E-state index in [1.165, 1.54) is 12.1 Å². The summed E-state index contributed by atoms with van der Waals surface area (Å²) < 4.78 is 27.3. The average molecular weight is 274 g/mol. The molecule has 1 aromatic rings. The largest absolute Gasteiger partial charge is 0.369 e. The van der Waals surface area contributed by atoms with Gasteiger partial charge < -0.3 is 11.1 Å². The Hall–Kier alpha value is -1.14. The Kier molecular flexibility index (Phi) is 5.55. The summed E-state index contributed by atoms with van der Waals surface area (Å²) in [6, 6.07) is 2.77. The number of halogens is 2. The fraction of sp³-hybridized carbons (Fsp3) is 0.417. The zero-order valence-electron chi connectivity index (χ0n) is 10.3. The molecule has 18 heavy (non-hydrogen) atoms. The van der Waals surface area contributed by atoms with E-state index in [9.17, 15) is 13.6 Å². The van der Waals surface area contributed by atoms with E-state index in [1.54, 1.807) is 0 Å². The van der Waals surface area contributed by atoms with Crippen LogP contribution in [0, 0.1) is 11.6 Å². The van der Waals surface area contributed by atoms with Crippen LogP contribution in [0.3, 0.4) is 0 Å². The molecule has 0 saturated heterocycles. The molecular weight excluding hydrogens is 258 g/mol. The lowest BCUT2D eigenvalue weighted by molar-refractivity contribution is -0.115. The van der Waals surface area contributed by atoms with Gasteiger partial charge in [0.2, 0.25) is 5.91 Å². The predicted octanol–water partition coefficient (Wildman–Crippen LogP) is 2.04. The number of hydrogen-bond donors (Lipinski definition) is 2. The van der Waals surface area contributed by atoms with E-state index in [0.717, 1.165) is 11.8 Å². The molecule has 0 aromatic heterocycles. The Morgan fingerprint density at radius 2 is 1.94 bits per heavy atom. The molecule has 0 fully saturated rings.